The van der Waals surface area contributed by atoms with Gasteiger partial charge in [-0.05, 0) is 0 Å². The number of hydrogen-bond donors (Lipinski definition) is 0. The summed E-state index contributed by atoms with van der Waals surface area (Å²) < 4.78 is 0. The van der Waals surface area contributed by atoms with Crippen LogP contribution in [0, 0.1) is 0 Å². The molecule has 0 aromatic heterocycles. The van der Waals surface area contributed by atoms with Crippen LogP contribution in [0.25, 0.3) is 0 Å². The average molecular weight is 394 g/mol. The van der Waals surface area contributed by atoms with Crippen LogP contribution < -0.4 is 15.9 Å². The number of rotatable bonds is 10. The first-order valence-electron chi connectivity index (χ1n) is 10.3. The van der Waals surface area contributed by atoms with Crippen LogP contribution in [0.5, 0.6) is 0 Å². The van der Waals surface area contributed by atoms with Crippen molar-refractivity contribution in [2.45, 2.75) is 39.0 Å². The van der Waals surface area contributed by atoms with Crippen LogP contribution in [0.2, 0.25) is 0 Å². The third-order valence-electron chi connectivity index (χ3n) is 5.29. The molecule has 0 nitrogen and oxygen atoms in total. The molecule has 3 aromatic rings. The summed E-state index contributed by atoms with van der Waals surface area (Å²) in [4.78, 5) is 0. The normalized spacial score (nSPS) is 12.5. The molecule has 0 aliphatic carbocycles. The Balaban J connectivity index is 1.98. The molecule has 0 aliphatic heterocycles. The molecule has 27 heavy (non-hydrogen) atoms. The second-order valence-electron chi connectivity index (χ2n) is 7.19. The molecule has 0 N–H and O–H groups in total. The third-order valence-corrected chi connectivity index (χ3v) is 15.0. The van der Waals surface area contributed by atoms with Gasteiger partial charge < -0.3 is 0 Å². The molecular weight excluding hydrogens is 362 g/mol. The van der Waals surface area contributed by atoms with Crippen LogP contribution in [0.4, 0.5) is 0 Å². The fraction of sp³-hybridized carbons (Fsp3) is 0.280. The summed E-state index contributed by atoms with van der Waals surface area (Å²) in [5, 5.41) is 4.65. The Morgan fingerprint density at radius 2 is 0.963 bits per heavy atom. The molecule has 0 saturated carbocycles. The minimum atomic E-state index is -1.96. The SMILES string of the molecule is CCCCCCCP[PH](c1ccccc1)(c1ccccc1)c1ccccc1. The maximum atomic E-state index is 2.37. The van der Waals surface area contributed by atoms with Gasteiger partial charge in [0.15, 0.2) is 0 Å². The molecule has 0 radical (unpaired) electrons. The molecule has 0 fully saturated rings. The van der Waals surface area contributed by atoms with Gasteiger partial charge in [-0.2, -0.15) is 0 Å². The first-order chi connectivity index (χ1) is 13.4. The molecule has 0 aliphatic rings. The van der Waals surface area contributed by atoms with E-state index in [1.54, 1.807) is 15.9 Å². The molecule has 1 atom stereocenters. The van der Waals surface area contributed by atoms with E-state index in [1.165, 1.54) is 38.3 Å². The van der Waals surface area contributed by atoms with E-state index < -0.39 is 6.95 Å². The van der Waals surface area contributed by atoms with E-state index >= 15 is 0 Å². The Bertz CT molecular complexity index is 673. The van der Waals surface area contributed by atoms with E-state index in [0.29, 0.717) is 0 Å². The van der Waals surface area contributed by atoms with E-state index in [9.17, 15) is 0 Å². The number of benzene rings is 3. The van der Waals surface area contributed by atoms with E-state index in [4.69, 9.17) is 0 Å². The predicted molar refractivity (Wildman–Crippen MR) is 128 cm³/mol. The van der Waals surface area contributed by atoms with E-state index in [1.807, 2.05) is 0 Å². The van der Waals surface area contributed by atoms with Gasteiger partial charge in [-0.25, -0.2) is 0 Å². The van der Waals surface area contributed by atoms with Crippen LogP contribution in [-0.2, 0) is 0 Å². The van der Waals surface area contributed by atoms with Crippen LogP contribution in [-0.4, -0.2) is 6.16 Å². The molecule has 0 amide bonds. The Labute approximate surface area is 167 Å². The zero-order chi connectivity index (χ0) is 18.8. The van der Waals surface area contributed by atoms with Gasteiger partial charge in [0.2, 0.25) is 0 Å². The van der Waals surface area contributed by atoms with E-state index in [2.05, 4.69) is 97.9 Å². The standard InChI is InChI=1S/C25H32P2/c1-2-3-4-5-15-22-26-27(23-16-9-6-10-17-23,24-18-11-7-12-19-24)25-20-13-8-14-21-25/h6-14,16-21,26-27H,2-5,15,22H2,1H3. The fourth-order valence-corrected chi connectivity index (χ4v) is 13.4. The molecule has 0 heterocycles. The first-order valence-corrected chi connectivity index (χ1v) is 14.5. The van der Waals surface area contributed by atoms with Gasteiger partial charge in [-0.15, -0.1) is 0 Å². The van der Waals surface area contributed by atoms with Gasteiger partial charge in [0.05, 0.1) is 0 Å². The summed E-state index contributed by atoms with van der Waals surface area (Å²) >= 11 is 0. The van der Waals surface area contributed by atoms with Gasteiger partial charge in [0.1, 0.15) is 0 Å². The summed E-state index contributed by atoms with van der Waals surface area (Å²) in [5.74, 6) is 0. The first kappa shape index (κ1) is 20.3. The van der Waals surface area contributed by atoms with Crippen LogP contribution in [0.3, 0.4) is 0 Å². The van der Waals surface area contributed by atoms with E-state index in [-0.39, 0.29) is 0 Å². The van der Waals surface area contributed by atoms with Gasteiger partial charge in [-0.1, -0.05) is 0 Å². The Kier molecular flexibility index (Phi) is 8.07. The van der Waals surface area contributed by atoms with Crippen molar-refractivity contribution in [3.8, 4) is 0 Å². The third kappa shape index (κ3) is 5.07. The summed E-state index contributed by atoms with van der Waals surface area (Å²) in [6, 6.07) is 34.0. The maximum absolute atomic E-state index is 2.37. The Morgan fingerprint density at radius 3 is 1.37 bits per heavy atom. The molecule has 2 heteroatoms. The number of hydrogen-bond acceptors (Lipinski definition) is 0. The fourth-order valence-electron chi connectivity index (χ4n) is 3.88. The van der Waals surface area contributed by atoms with Crippen LogP contribution in [0.1, 0.15) is 39.0 Å². The van der Waals surface area contributed by atoms with Crippen molar-refractivity contribution < 1.29 is 0 Å². The topological polar surface area (TPSA) is 0 Å². The summed E-state index contributed by atoms with van der Waals surface area (Å²) in [5.41, 5.74) is 0. The molecule has 3 rings (SSSR count). The van der Waals surface area contributed by atoms with Crippen molar-refractivity contribution in [1.29, 1.82) is 0 Å². The second-order valence-corrected chi connectivity index (χ2v) is 14.6. The molecule has 142 valence electrons. The molecule has 0 spiro atoms. The van der Waals surface area contributed by atoms with Gasteiger partial charge in [0.25, 0.3) is 0 Å². The minimum absolute atomic E-state index is 0.977. The number of unbranched alkanes of at least 4 members (excludes halogenated alkanes) is 4. The zero-order valence-electron chi connectivity index (χ0n) is 16.4. The van der Waals surface area contributed by atoms with Gasteiger partial charge in [0, 0.05) is 0 Å². The van der Waals surface area contributed by atoms with Gasteiger partial charge in [-0.3, -0.25) is 0 Å². The zero-order valence-corrected chi connectivity index (χ0v) is 18.4. The molecule has 1 unspecified atom stereocenters. The summed E-state index contributed by atoms with van der Waals surface area (Å²) in [6.45, 7) is 0.327. The van der Waals surface area contributed by atoms with Crippen molar-refractivity contribution in [3.05, 3.63) is 91.0 Å². The van der Waals surface area contributed by atoms with Gasteiger partial charge >= 0.3 is 167 Å². The van der Waals surface area contributed by atoms with Crippen molar-refractivity contribution >= 4 is 31.1 Å². The van der Waals surface area contributed by atoms with Crippen LogP contribution >= 0.6 is 15.2 Å². The Hall–Kier alpha value is -1.48. The van der Waals surface area contributed by atoms with E-state index in [0.717, 1.165) is 8.27 Å². The molecule has 0 bridgehead atoms. The summed E-state index contributed by atoms with van der Waals surface area (Å²) in [6.07, 6.45) is 8.16. The summed E-state index contributed by atoms with van der Waals surface area (Å²) in [7, 11) is 0.977. The quantitative estimate of drug-likeness (QED) is 0.281. The second kappa shape index (κ2) is 10.8. The predicted octanol–water partition coefficient (Wildman–Crippen LogP) is 6.28. The van der Waals surface area contributed by atoms with Crippen molar-refractivity contribution in [2.75, 3.05) is 6.16 Å². The monoisotopic (exact) mass is 394 g/mol. The molecule has 0 saturated heterocycles. The molecular formula is C25H32P2. The average Bonchev–Trinajstić information content (AvgIpc) is 2.75. The van der Waals surface area contributed by atoms with Crippen molar-refractivity contribution in [3.63, 3.8) is 0 Å². The van der Waals surface area contributed by atoms with Crippen molar-refractivity contribution in [2.24, 2.45) is 0 Å². The Morgan fingerprint density at radius 1 is 0.556 bits per heavy atom. The van der Waals surface area contributed by atoms with Crippen molar-refractivity contribution in [1.82, 2.24) is 0 Å². The van der Waals surface area contributed by atoms with Crippen LogP contribution in [0.15, 0.2) is 91.0 Å². The molecule has 3 aromatic carbocycles.